The number of nitrogens with one attached hydrogen (secondary N) is 1. The third kappa shape index (κ3) is 4.39. The van der Waals surface area contributed by atoms with Crippen LogP contribution in [0, 0.1) is 5.92 Å². The Balaban J connectivity index is 1.62. The second-order valence-corrected chi connectivity index (χ2v) is 6.37. The Labute approximate surface area is 159 Å². The summed E-state index contributed by atoms with van der Waals surface area (Å²) in [4.78, 5) is 26.6. The summed E-state index contributed by atoms with van der Waals surface area (Å²) in [5.41, 5.74) is 1.70. The lowest BCUT2D eigenvalue weighted by molar-refractivity contribution is -0.126. The van der Waals surface area contributed by atoms with Crippen LogP contribution in [-0.2, 0) is 16.1 Å². The maximum atomic E-state index is 12.5. The number of carbonyl (C=O) groups excluding carboxylic acids is 2. The monoisotopic (exact) mass is 368 g/mol. The molecule has 0 bridgehead atoms. The Kier molecular flexibility index (Phi) is 5.96. The fourth-order valence-electron chi connectivity index (χ4n) is 3.15. The van der Waals surface area contributed by atoms with Gasteiger partial charge in [0.15, 0.2) is 0 Å². The topological polar surface area (TPSA) is 67.9 Å². The Morgan fingerprint density at radius 1 is 1.19 bits per heavy atom. The van der Waals surface area contributed by atoms with Gasteiger partial charge < -0.3 is 19.7 Å². The summed E-state index contributed by atoms with van der Waals surface area (Å²) in [6, 6.07) is 14.9. The van der Waals surface area contributed by atoms with Gasteiger partial charge in [0, 0.05) is 19.5 Å². The predicted octanol–water partition coefficient (Wildman–Crippen LogP) is 2.76. The Bertz CT molecular complexity index is 804. The molecule has 0 aliphatic carbocycles. The predicted molar refractivity (Wildman–Crippen MR) is 103 cm³/mol. The van der Waals surface area contributed by atoms with Gasteiger partial charge in [-0.1, -0.05) is 24.3 Å². The quantitative estimate of drug-likeness (QED) is 0.816. The lowest BCUT2D eigenvalue weighted by Gasteiger charge is -2.20. The molecule has 2 aromatic carbocycles. The zero-order chi connectivity index (χ0) is 19.2. The van der Waals surface area contributed by atoms with Crippen molar-refractivity contribution < 1.29 is 19.1 Å². The van der Waals surface area contributed by atoms with Gasteiger partial charge in [-0.05, 0) is 36.8 Å². The summed E-state index contributed by atoms with van der Waals surface area (Å²) >= 11 is 0. The third-order valence-electron chi connectivity index (χ3n) is 4.58. The van der Waals surface area contributed by atoms with E-state index in [-0.39, 0.29) is 24.2 Å². The van der Waals surface area contributed by atoms with Gasteiger partial charge in [0.1, 0.15) is 11.5 Å². The lowest BCUT2D eigenvalue weighted by Crippen LogP contribution is -2.32. The summed E-state index contributed by atoms with van der Waals surface area (Å²) in [6.07, 6.45) is 0.203. The van der Waals surface area contributed by atoms with Gasteiger partial charge in [-0.3, -0.25) is 9.59 Å². The van der Waals surface area contributed by atoms with Crippen LogP contribution in [0.4, 0.5) is 5.69 Å². The first kappa shape index (κ1) is 18.8. The highest BCUT2D eigenvalue weighted by Gasteiger charge is 2.36. The van der Waals surface area contributed by atoms with E-state index in [2.05, 4.69) is 5.32 Å². The number of nitrogens with zero attached hydrogens (tertiary/aromatic N) is 1. The van der Waals surface area contributed by atoms with Crippen molar-refractivity contribution >= 4 is 17.5 Å². The van der Waals surface area contributed by atoms with Gasteiger partial charge >= 0.3 is 0 Å². The molecular formula is C21H24N2O4. The zero-order valence-corrected chi connectivity index (χ0v) is 15.6. The highest BCUT2D eigenvalue weighted by Crippen LogP contribution is 2.33. The molecule has 1 aliphatic heterocycles. The number of carbonyl (C=O) groups is 2. The average molecular weight is 368 g/mol. The van der Waals surface area contributed by atoms with E-state index in [1.807, 2.05) is 55.5 Å². The summed E-state index contributed by atoms with van der Waals surface area (Å²) in [5.74, 6) is 0.885. The van der Waals surface area contributed by atoms with Gasteiger partial charge in [-0.15, -0.1) is 0 Å². The average Bonchev–Trinajstić information content (AvgIpc) is 3.09. The van der Waals surface area contributed by atoms with Gasteiger partial charge in [0.2, 0.25) is 11.8 Å². The molecule has 0 radical (unpaired) electrons. The minimum Gasteiger partial charge on any atom is -0.497 e. The first-order valence-corrected chi connectivity index (χ1v) is 9.05. The third-order valence-corrected chi connectivity index (χ3v) is 4.58. The summed E-state index contributed by atoms with van der Waals surface area (Å²) in [6.45, 7) is 3.20. The first-order chi connectivity index (χ1) is 13.1. The Morgan fingerprint density at radius 2 is 1.93 bits per heavy atom. The molecule has 2 amide bonds. The molecule has 0 spiro atoms. The molecule has 1 N–H and O–H groups in total. The van der Waals surface area contributed by atoms with Crippen molar-refractivity contribution in [2.75, 3.05) is 25.2 Å². The van der Waals surface area contributed by atoms with Crippen LogP contribution in [0.1, 0.15) is 18.9 Å². The molecular weight excluding hydrogens is 344 g/mol. The van der Waals surface area contributed by atoms with Crippen molar-refractivity contribution in [1.82, 2.24) is 5.32 Å². The lowest BCUT2D eigenvalue weighted by atomic mass is 10.1. The van der Waals surface area contributed by atoms with Crippen molar-refractivity contribution in [2.24, 2.45) is 5.92 Å². The van der Waals surface area contributed by atoms with Gasteiger partial charge in [0.05, 0.1) is 25.3 Å². The standard InChI is InChI=1S/C21H24N2O4/c1-3-27-19-7-5-4-6-18(19)23-14-16(12-20(23)24)21(25)22-13-15-8-10-17(26-2)11-9-15/h4-11,16H,3,12-14H2,1-2H3,(H,22,25)/t16-/m0/s1. The fourth-order valence-corrected chi connectivity index (χ4v) is 3.15. The van der Waals surface area contributed by atoms with Crippen LogP contribution < -0.4 is 19.7 Å². The van der Waals surface area contributed by atoms with Crippen molar-refractivity contribution in [1.29, 1.82) is 0 Å². The molecule has 142 valence electrons. The number of hydrogen-bond donors (Lipinski definition) is 1. The van der Waals surface area contributed by atoms with Crippen molar-refractivity contribution in [3.05, 3.63) is 54.1 Å². The highest BCUT2D eigenvalue weighted by atomic mass is 16.5. The van der Waals surface area contributed by atoms with Gasteiger partial charge in [0.25, 0.3) is 0 Å². The van der Waals surface area contributed by atoms with Crippen LogP contribution in [0.3, 0.4) is 0 Å². The highest BCUT2D eigenvalue weighted by molar-refractivity contribution is 6.01. The van der Waals surface area contributed by atoms with Crippen LogP contribution in [0.25, 0.3) is 0 Å². The van der Waals surface area contributed by atoms with Crippen molar-refractivity contribution in [3.8, 4) is 11.5 Å². The molecule has 0 saturated carbocycles. The van der Waals surface area contributed by atoms with Crippen molar-refractivity contribution in [3.63, 3.8) is 0 Å². The van der Waals surface area contributed by atoms with Crippen LogP contribution in [0.5, 0.6) is 11.5 Å². The van der Waals surface area contributed by atoms with E-state index in [9.17, 15) is 9.59 Å². The molecule has 27 heavy (non-hydrogen) atoms. The number of amides is 2. The SMILES string of the molecule is CCOc1ccccc1N1C[C@@H](C(=O)NCc2ccc(OC)cc2)CC1=O. The molecule has 0 aromatic heterocycles. The second kappa shape index (κ2) is 8.58. The number of ether oxygens (including phenoxy) is 2. The minimum atomic E-state index is -0.370. The van der Waals surface area contributed by atoms with Gasteiger partial charge in [-0.2, -0.15) is 0 Å². The van der Waals surface area contributed by atoms with Gasteiger partial charge in [-0.25, -0.2) is 0 Å². The molecule has 1 atom stereocenters. The van der Waals surface area contributed by atoms with E-state index in [4.69, 9.17) is 9.47 Å². The Morgan fingerprint density at radius 3 is 2.63 bits per heavy atom. The second-order valence-electron chi connectivity index (χ2n) is 6.37. The molecule has 1 aliphatic rings. The molecule has 2 aromatic rings. The van der Waals surface area contributed by atoms with E-state index >= 15 is 0 Å². The number of anilines is 1. The van der Waals surface area contributed by atoms with E-state index in [1.165, 1.54) is 0 Å². The minimum absolute atomic E-state index is 0.0632. The number of para-hydroxylation sites is 2. The number of hydrogen-bond acceptors (Lipinski definition) is 4. The fraction of sp³-hybridized carbons (Fsp3) is 0.333. The summed E-state index contributed by atoms with van der Waals surface area (Å²) in [5, 5.41) is 2.92. The number of benzene rings is 2. The van der Waals surface area contributed by atoms with Crippen LogP contribution in [0.2, 0.25) is 0 Å². The van der Waals surface area contributed by atoms with E-state index < -0.39 is 0 Å². The zero-order valence-electron chi connectivity index (χ0n) is 15.6. The normalized spacial score (nSPS) is 16.3. The molecule has 0 unspecified atom stereocenters. The molecule has 1 heterocycles. The molecule has 6 heteroatoms. The largest absolute Gasteiger partial charge is 0.497 e. The summed E-state index contributed by atoms with van der Waals surface area (Å²) < 4.78 is 10.7. The van der Waals surface area contributed by atoms with Crippen LogP contribution in [-0.4, -0.2) is 32.1 Å². The van der Waals surface area contributed by atoms with Crippen molar-refractivity contribution in [2.45, 2.75) is 19.9 Å². The van der Waals surface area contributed by atoms with E-state index in [0.29, 0.717) is 25.4 Å². The smallest absolute Gasteiger partial charge is 0.227 e. The molecule has 1 fully saturated rings. The molecule has 1 saturated heterocycles. The number of methoxy groups -OCH3 is 1. The van der Waals surface area contributed by atoms with E-state index in [0.717, 1.165) is 17.0 Å². The van der Waals surface area contributed by atoms with Crippen LogP contribution >= 0.6 is 0 Å². The maximum absolute atomic E-state index is 12.5. The molecule has 6 nitrogen and oxygen atoms in total. The first-order valence-electron chi connectivity index (χ1n) is 9.05. The summed E-state index contributed by atoms with van der Waals surface area (Å²) in [7, 11) is 1.61. The van der Waals surface area contributed by atoms with Crippen LogP contribution in [0.15, 0.2) is 48.5 Å². The number of rotatable bonds is 7. The molecule has 3 rings (SSSR count). The Hall–Kier alpha value is -3.02. The van der Waals surface area contributed by atoms with E-state index in [1.54, 1.807) is 12.0 Å². The maximum Gasteiger partial charge on any atom is 0.227 e.